The zero-order valence-corrected chi connectivity index (χ0v) is 12.3. The Bertz CT molecular complexity index is 587. The van der Waals surface area contributed by atoms with Crippen molar-refractivity contribution >= 4 is 21.6 Å². The molecule has 2 aromatic rings. The standard InChI is InChI=1S/C16H15BrN2/c1-12-6-5-9-15(16(12)17)19-14(10-11-18)13-7-3-2-4-8-13/h2-9,14,19H,10H2,1H3. The molecule has 2 rings (SSSR count). The molecule has 0 saturated carbocycles. The van der Waals surface area contributed by atoms with Gasteiger partial charge in [-0.25, -0.2) is 0 Å². The third kappa shape index (κ3) is 3.36. The maximum absolute atomic E-state index is 9.00. The number of nitriles is 1. The molecule has 96 valence electrons. The number of hydrogen-bond donors (Lipinski definition) is 1. The molecule has 0 radical (unpaired) electrons. The van der Waals surface area contributed by atoms with Crippen molar-refractivity contribution in [2.75, 3.05) is 5.32 Å². The average molecular weight is 315 g/mol. The van der Waals surface area contributed by atoms with Crippen molar-refractivity contribution in [3.05, 3.63) is 64.1 Å². The van der Waals surface area contributed by atoms with Gasteiger partial charge in [0.1, 0.15) is 0 Å². The lowest BCUT2D eigenvalue weighted by atomic mass is 10.0. The summed E-state index contributed by atoms with van der Waals surface area (Å²) in [6.07, 6.45) is 0.435. The highest BCUT2D eigenvalue weighted by Crippen LogP contribution is 2.30. The van der Waals surface area contributed by atoms with Crippen LogP contribution in [0.25, 0.3) is 0 Å². The molecule has 1 unspecified atom stereocenters. The Balaban J connectivity index is 2.27. The molecule has 0 aliphatic rings. The molecule has 0 saturated heterocycles. The minimum Gasteiger partial charge on any atom is -0.376 e. The normalized spacial score (nSPS) is 11.6. The van der Waals surface area contributed by atoms with Crippen LogP contribution in [-0.2, 0) is 0 Å². The third-order valence-corrected chi connectivity index (χ3v) is 4.07. The van der Waals surface area contributed by atoms with Crippen LogP contribution in [0, 0.1) is 18.3 Å². The molecule has 1 N–H and O–H groups in total. The lowest BCUT2D eigenvalue weighted by Crippen LogP contribution is -2.10. The summed E-state index contributed by atoms with van der Waals surface area (Å²) in [6, 6.07) is 18.4. The zero-order valence-electron chi connectivity index (χ0n) is 10.7. The number of aryl methyl sites for hydroxylation is 1. The largest absolute Gasteiger partial charge is 0.376 e. The van der Waals surface area contributed by atoms with Crippen molar-refractivity contribution in [2.24, 2.45) is 0 Å². The van der Waals surface area contributed by atoms with Gasteiger partial charge in [-0.2, -0.15) is 5.26 Å². The van der Waals surface area contributed by atoms with Gasteiger partial charge in [0.05, 0.1) is 18.5 Å². The van der Waals surface area contributed by atoms with E-state index in [4.69, 9.17) is 5.26 Å². The Kier molecular flexibility index (Phi) is 4.59. The lowest BCUT2D eigenvalue weighted by molar-refractivity contribution is 0.805. The van der Waals surface area contributed by atoms with Crippen molar-refractivity contribution in [3.8, 4) is 6.07 Å². The molecule has 0 aromatic heterocycles. The van der Waals surface area contributed by atoms with Crippen molar-refractivity contribution in [2.45, 2.75) is 19.4 Å². The van der Waals surface area contributed by atoms with Gasteiger partial charge in [-0.3, -0.25) is 0 Å². The molecule has 0 spiro atoms. The fourth-order valence-electron chi connectivity index (χ4n) is 1.98. The van der Waals surface area contributed by atoms with Crippen molar-refractivity contribution in [3.63, 3.8) is 0 Å². The van der Waals surface area contributed by atoms with Crippen LogP contribution in [0.2, 0.25) is 0 Å². The molecule has 0 heterocycles. The fraction of sp³-hybridized carbons (Fsp3) is 0.188. The summed E-state index contributed by atoms with van der Waals surface area (Å²) in [5.74, 6) is 0. The van der Waals surface area contributed by atoms with Crippen LogP contribution in [-0.4, -0.2) is 0 Å². The molecular formula is C16H15BrN2. The van der Waals surface area contributed by atoms with Gasteiger partial charge in [-0.05, 0) is 40.0 Å². The summed E-state index contributed by atoms with van der Waals surface area (Å²) >= 11 is 3.59. The SMILES string of the molecule is Cc1cccc(NC(CC#N)c2ccccc2)c1Br. The summed E-state index contributed by atoms with van der Waals surface area (Å²) < 4.78 is 1.05. The van der Waals surface area contributed by atoms with Gasteiger partial charge in [0.2, 0.25) is 0 Å². The van der Waals surface area contributed by atoms with Crippen LogP contribution < -0.4 is 5.32 Å². The van der Waals surface area contributed by atoms with E-state index in [-0.39, 0.29) is 6.04 Å². The van der Waals surface area contributed by atoms with Gasteiger partial charge >= 0.3 is 0 Å². The molecular weight excluding hydrogens is 300 g/mol. The highest BCUT2D eigenvalue weighted by atomic mass is 79.9. The molecule has 19 heavy (non-hydrogen) atoms. The molecule has 2 aromatic carbocycles. The number of halogens is 1. The topological polar surface area (TPSA) is 35.8 Å². The number of rotatable bonds is 4. The van der Waals surface area contributed by atoms with E-state index in [0.29, 0.717) is 6.42 Å². The van der Waals surface area contributed by atoms with E-state index in [0.717, 1.165) is 15.7 Å². The molecule has 0 fully saturated rings. The van der Waals surface area contributed by atoms with Gasteiger partial charge < -0.3 is 5.32 Å². The van der Waals surface area contributed by atoms with Crippen LogP contribution >= 0.6 is 15.9 Å². The van der Waals surface area contributed by atoms with E-state index in [2.05, 4.69) is 40.3 Å². The number of nitrogens with one attached hydrogen (secondary N) is 1. The lowest BCUT2D eigenvalue weighted by Gasteiger charge is -2.19. The summed E-state index contributed by atoms with van der Waals surface area (Å²) in [6.45, 7) is 2.05. The number of nitrogens with zero attached hydrogens (tertiary/aromatic N) is 1. The molecule has 0 aliphatic heterocycles. The minimum atomic E-state index is 0.00398. The van der Waals surface area contributed by atoms with Crippen molar-refractivity contribution in [1.29, 1.82) is 5.26 Å². The van der Waals surface area contributed by atoms with Crippen molar-refractivity contribution < 1.29 is 0 Å². The van der Waals surface area contributed by atoms with Crippen LogP contribution in [0.3, 0.4) is 0 Å². The molecule has 3 heteroatoms. The van der Waals surface area contributed by atoms with Crippen molar-refractivity contribution in [1.82, 2.24) is 0 Å². The maximum atomic E-state index is 9.00. The van der Waals surface area contributed by atoms with E-state index in [9.17, 15) is 0 Å². The summed E-state index contributed by atoms with van der Waals surface area (Å²) in [7, 11) is 0. The fourth-order valence-corrected chi connectivity index (χ4v) is 2.35. The maximum Gasteiger partial charge on any atom is 0.0647 e. The Morgan fingerprint density at radius 2 is 1.89 bits per heavy atom. The summed E-state index contributed by atoms with van der Waals surface area (Å²) in [5.41, 5.74) is 3.32. The number of benzene rings is 2. The predicted molar refractivity (Wildman–Crippen MR) is 81.9 cm³/mol. The van der Waals surface area contributed by atoms with E-state index in [1.807, 2.05) is 42.5 Å². The third-order valence-electron chi connectivity index (χ3n) is 3.02. The first-order valence-electron chi connectivity index (χ1n) is 6.16. The van der Waals surface area contributed by atoms with Crippen LogP contribution in [0.1, 0.15) is 23.6 Å². The Morgan fingerprint density at radius 3 is 2.58 bits per heavy atom. The van der Waals surface area contributed by atoms with Crippen LogP contribution in [0.4, 0.5) is 5.69 Å². The molecule has 0 amide bonds. The highest BCUT2D eigenvalue weighted by molar-refractivity contribution is 9.10. The van der Waals surface area contributed by atoms with Gasteiger partial charge in [0.25, 0.3) is 0 Å². The van der Waals surface area contributed by atoms with Gasteiger partial charge in [0, 0.05) is 10.2 Å². The second-order valence-electron chi connectivity index (χ2n) is 4.41. The Morgan fingerprint density at radius 1 is 1.16 bits per heavy atom. The minimum absolute atomic E-state index is 0.00398. The van der Waals surface area contributed by atoms with Crippen LogP contribution in [0.15, 0.2) is 53.0 Å². The summed E-state index contributed by atoms with van der Waals surface area (Å²) in [5, 5.41) is 12.4. The quantitative estimate of drug-likeness (QED) is 0.877. The second kappa shape index (κ2) is 6.40. The first kappa shape index (κ1) is 13.6. The van der Waals surface area contributed by atoms with E-state index in [1.54, 1.807) is 0 Å². The van der Waals surface area contributed by atoms with E-state index in [1.165, 1.54) is 5.56 Å². The number of anilines is 1. The Hall–Kier alpha value is -1.79. The van der Waals surface area contributed by atoms with E-state index >= 15 is 0 Å². The molecule has 0 aliphatic carbocycles. The smallest absolute Gasteiger partial charge is 0.0647 e. The first-order valence-corrected chi connectivity index (χ1v) is 6.95. The monoisotopic (exact) mass is 314 g/mol. The van der Waals surface area contributed by atoms with Gasteiger partial charge in [-0.1, -0.05) is 42.5 Å². The van der Waals surface area contributed by atoms with Gasteiger partial charge in [-0.15, -0.1) is 0 Å². The van der Waals surface area contributed by atoms with Crippen LogP contribution in [0.5, 0.6) is 0 Å². The first-order chi connectivity index (χ1) is 9.22. The second-order valence-corrected chi connectivity index (χ2v) is 5.20. The van der Waals surface area contributed by atoms with Gasteiger partial charge in [0.15, 0.2) is 0 Å². The number of hydrogen-bond acceptors (Lipinski definition) is 2. The summed E-state index contributed by atoms with van der Waals surface area (Å²) in [4.78, 5) is 0. The predicted octanol–water partition coefficient (Wildman–Crippen LogP) is 4.82. The average Bonchev–Trinajstić information content (AvgIpc) is 2.44. The molecule has 2 nitrogen and oxygen atoms in total. The molecule has 1 atom stereocenters. The zero-order chi connectivity index (χ0) is 13.7. The molecule has 0 bridgehead atoms. The Labute approximate surface area is 122 Å². The van der Waals surface area contributed by atoms with E-state index < -0.39 is 0 Å². The highest BCUT2D eigenvalue weighted by Gasteiger charge is 2.12.